The Morgan fingerprint density at radius 2 is 2.00 bits per heavy atom. The van der Waals surface area contributed by atoms with Crippen molar-refractivity contribution in [2.45, 2.75) is 50.7 Å². The summed E-state index contributed by atoms with van der Waals surface area (Å²) in [6.07, 6.45) is 4.76. The van der Waals surface area contributed by atoms with E-state index in [0.717, 1.165) is 19.4 Å². The highest BCUT2D eigenvalue weighted by molar-refractivity contribution is 4.80. The lowest BCUT2D eigenvalue weighted by Gasteiger charge is -2.29. The van der Waals surface area contributed by atoms with Crippen molar-refractivity contribution in [1.82, 2.24) is 5.32 Å². The minimum absolute atomic E-state index is 0.441. The SMILES string of the molecule is COC[C@@H](C)N[C@H]1CC[C@H](N)CC1. The van der Waals surface area contributed by atoms with Crippen LogP contribution in [0.4, 0.5) is 0 Å². The molecule has 1 saturated carbocycles. The van der Waals surface area contributed by atoms with Gasteiger partial charge in [-0.05, 0) is 32.6 Å². The largest absolute Gasteiger partial charge is 0.383 e. The van der Waals surface area contributed by atoms with Crippen molar-refractivity contribution >= 4 is 0 Å². The summed E-state index contributed by atoms with van der Waals surface area (Å²) in [5, 5.41) is 3.56. The zero-order chi connectivity index (χ0) is 9.68. The molecule has 1 aliphatic rings. The molecule has 0 saturated heterocycles. The molecule has 0 spiro atoms. The highest BCUT2D eigenvalue weighted by Gasteiger charge is 2.19. The number of nitrogens with one attached hydrogen (secondary N) is 1. The van der Waals surface area contributed by atoms with Crippen molar-refractivity contribution in [3.8, 4) is 0 Å². The first-order valence-electron chi connectivity index (χ1n) is 5.23. The second-order valence-corrected chi connectivity index (χ2v) is 4.13. The maximum atomic E-state index is 5.83. The van der Waals surface area contributed by atoms with Crippen LogP contribution in [0, 0.1) is 0 Å². The Kier molecular flexibility index (Phi) is 4.70. The van der Waals surface area contributed by atoms with Crippen LogP contribution in [0.1, 0.15) is 32.6 Å². The van der Waals surface area contributed by atoms with E-state index in [-0.39, 0.29) is 0 Å². The fraction of sp³-hybridized carbons (Fsp3) is 1.00. The van der Waals surface area contributed by atoms with Gasteiger partial charge in [0.2, 0.25) is 0 Å². The molecule has 3 nitrogen and oxygen atoms in total. The van der Waals surface area contributed by atoms with Gasteiger partial charge < -0.3 is 15.8 Å². The second-order valence-electron chi connectivity index (χ2n) is 4.13. The highest BCUT2D eigenvalue weighted by atomic mass is 16.5. The molecule has 0 heterocycles. The molecule has 0 bridgehead atoms. The van der Waals surface area contributed by atoms with Crippen LogP contribution in [0.2, 0.25) is 0 Å². The Balaban J connectivity index is 2.14. The fourth-order valence-corrected chi connectivity index (χ4v) is 1.99. The molecular weight excluding hydrogens is 164 g/mol. The van der Waals surface area contributed by atoms with E-state index in [9.17, 15) is 0 Å². The first kappa shape index (κ1) is 11.0. The Morgan fingerprint density at radius 1 is 1.38 bits per heavy atom. The second kappa shape index (κ2) is 5.58. The summed E-state index contributed by atoms with van der Waals surface area (Å²) in [6, 6.07) is 1.56. The quantitative estimate of drug-likeness (QED) is 0.685. The first-order chi connectivity index (χ1) is 6.22. The Bertz CT molecular complexity index is 133. The Hall–Kier alpha value is -0.120. The lowest BCUT2D eigenvalue weighted by molar-refractivity contribution is 0.161. The summed E-state index contributed by atoms with van der Waals surface area (Å²) in [4.78, 5) is 0. The van der Waals surface area contributed by atoms with Crippen molar-refractivity contribution in [2.75, 3.05) is 13.7 Å². The van der Waals surface area contributed by atoms with Crippen LogP contribution in [0.3, 0.4) is 0 Å². The maximum Gasteiger partial charge on any atom is 0.0613 e. The normalized spacial score (nSPS) is 31.6. The van der Waals surface area contributed by atoms with Crippen LogP contribution in [-0.4, -0.2) is 31.8 Å². The van der Waals surface area contributed by atoms with Crippen LogP contribution in [0.15, 0.2) is 0 Å². The van der Waals surface area contributed by atoms with Gasteiger partial charge in [-0.1, -0.05) is 0 Å². The average molecular weight is 186 g/mol. The molecule has 78 valence electrons. The molecular formula is C10H22N2O. The van der Waals surface area contributed by atoms with Crippen LogP contribution < -0.4 is 11.1 Å². The lowest BCUT2D eigenvalue weighted by atomic mass is 9.91. The van der Waals surface area contributed by atoms with Crippen molar-refractivity contribution in [1.29, 1.82) is 0 Å². The van der Waals surface area contributed by atoms with E-state index >= 15 is 0 Å². The summed E-state index contributed by atoms with van der Waals surface area (Å²) < 4.78 is 5.08. The van der Waals surface area contributed by atoms with Crippen LogP contribution in [0.5, 0.6) is 0 Å². The molecule has 13 heavy (non-hydrogen) atoms. The van der Waals surface area contributed by atoms with Gasteiger partial charge in [0.1, 0.15) is 0 Å². The van der Waals surface area contributed by atoms with Crippen molar-refractivity contribution in [3.05, 3.63) is 0 Å². The summed E-state index contributed by atoms with van der Waals surface area (Å²) >= 11 is 0. The minimum Gasteiger partial charge on any atom is -0.383 e. The van der Waals surface area contributed by atoms with Crippen LogP contribution in [-0.2, 0) is 4.74 Å². The molecule has 0 aromatic carbocycles. The third kappa shape index (κ3) is 4.07. The third-order valence-electron chi connectivity index (χ3n) is 2.71. The van der Waals surface area contributed by atoms with Gasteiger partial charge in [-0.15, -0.1) is 0 Å². The highest BCUT2D eigenvalue weighted by Crippen LogP contribution is 2.17. The van der Waals surface area contributed by atoms with Crippen molar-refractivity contribution in [2.24, 2.45) is 5.73 Å². The molecule has 0 unspecified atom stereocenters. The van der Waals surface area contributed by atoms with Gasteiger partial charge in [0.15, 0.2) is 0 Å². The number of rotatable bonds is 4. The molecule has 1 atom stereocenters. The van der Waals surface area contributed by atoms with E-state index in [1.807, 2.05) is 0 Å². The molecule has 0 aromatic rings. The molecule has 3 heteroatoms. The molecule has 1 rings (SSSR count). The fourth-order valence-electron chi connectivity index (χ4n) is 1.99. The van der Waals surface area contributed by atoms with Crippen LogP contribution in [0.25, 0.3) is 0 Å². The number of methoxy groups -OCH3 is 1. The number of ether oxygens (including phenoxy) is 1. The molecule has 0 aliphatic heterocycles. The van der Waals surface area contributed by atoms with E-state index in [4.69, 9.17) is 10.5 Å². The number of nitrogens with two attached hydrogens (primary N) is 1. The van der Waals surface area contributed by atoms with Crippen LogP contribution >= 0.6 is 0 Å². The lowest BCUT2D eigenvalue weighted by Crippen LogP contribution is -2.43. The molecule has 3 N–H and O–H groups in total. The maximum absolute atomic E-state index is 5.83. The van der Waals surface area contributed by atoms with Crippen molar-refractivity contribution in [3.63, 3.8) is 0 Å². The summed E-state index contributed by atoms with van der Waals surface area (Å²) in [5.41, 5.74) is 5.83. The predicted octanol–water partition coefficient (Wildman–Crippen LogP) is 0.881. The zero-order valence-corrected chi connectivity index (χ0v) is 8.75. The molecule has 1 aliphatic carbocycles. The van der Waals surface area contributed by atoms with E-state index in [0.29, 0.717) is 18.1 Å². The van der Waals surface area contributed by atoms with Gasteiger partial charge in [-0.2, -0.15) is 0 Å². The summed E-state index contributed by atoms with van der Waals surface area (Å²) in [5.74, 6) is 0. The molecule has 0 radical (unpaired) electrons. The number of hydrogen-bond acceptors (Lipinski definition) is 3. The zero-order valence-electron chi connectivity index (χ0n) is 8.75. The van der Waals surface area contributed by atoms with E-state index in [1.54, 1.807) is 7.11 Å². The van der Waals surface area contributed by atoms with Gasteiger partial charge in [0, 0.05) is 25.2 Å². The first-order valence-corrected chi connectivity index (χ1v) is 5.23. The van der Waals surface area contributed by atoms with Gasteiger partial charge in [0.05, 0.1) is 6.61 Å². The monoisotopic (exact) mass is 186 g/mol. The van der Waals surface area contributed by atoms with Gasteiger partial charge >= 0.3 is 0 Å². The average Bonchev–Trinajstić information content (AvgIpc) is 2.09. The summed E-state index contributed by atoms with van der Waals surface area (Å²) in [7, 11) is 1.75. The topological polar surface area (TPSA) is 47.3 Å². The van der Waals surface area contributed by atoms with E-state index < -0.39 is 0 Å². The molecule has 0 amide bonds. The molecule has 1 fully saturated rings. The minimum atomic E-state index is 0.441. The standard InChI is InChI=1S/C10H22N2O/c1-8(7-13-2)12-10-5-3-9(11)4-6-10/h8-10,12H,3-7,11H2,1-2H3/t8-,9-,10-/m1/s1. The van der Waals surface area contributed by atoms with Gasteiger partial charge in [-0.25, -0.2) is 0 Å². The van der Waals surface area contributed by atoms with E-state index in [2.05, 4.69) is 12.2 Å². The Morgan fingerprint density at radius 3 is 2.54 bits per heavy atom. The number of hydrogen-bond donors (Lipinski definition) is 2. The van der Waals surface area contributed by atoms with Crippen molar-refractivity contribution < 1.29 is 4.74 Å². The summed E-state index contributed by atoms with van der Waals surface area (Å²) in [6.45, 7) is 2.96. The predicted molar refractivity (Wildman–Crippen MR) is 54.7 cm³/mol. The smallest absolute Gasteiger partial charge is 0.0613 e. The molecule has 0 aromatic heterocycles. The third-order valence-corrected chi connectivity index (χ3v) is 2.71. The van der Waals surface area contributed by atoms with E-state index in [1.165, 1.54) is 12.8 Å². The van der Waals surface area contributed by atoms with Gasteiger partial charge in [0.25, 0.3) is 0 Å². The van der Waals surface area contributed by atoms with Gasteiger partial charge in [-0.3, -0.25) is 0 Å². The Labute approximate surface area is 81.0 Å².